The van der Waals surface area contributed by atoms with Crippen molar-refractivity contribution in [1.82, 2.24) is 4.90 Å². The van der Waals surface area contributed by atoms with Gasteiger partial charge < -0.3 is 0 Å². The van der Waals surface area contributed by atoms with Crippen molar-refractivity contribution >= 4 is 29.4 Å². The number of imide groups is 1. The summed E-state index contributed by atoms with van der Waals surface area (Å²) in [6, 6.07) is 0. The Morgan fingerprint density at radius 3 is 2.20 bits per heavy atom. The molecule has 4 nitrogen and oxygen atoms in total. The fourth-order valence-electron chi connectivity index (χ4n) is 1.68. The van der Waals surface area contributed by atoms with Gasteiger partial charge in [0.05, 0.1) is 11.8 Å². The van der Waals surface area contributed by atoms with Crippen molar-refractivity contribution in [2.75, 3.05) is 12.3 Å². The predicted molar refractivity (Wildman–Crippen MR) is 81.5 cm³/mol. The van der Waals surface area contributed by atoms with Gasteiger partial charge in [0.1, 0.15) is 0 Å². The molecule has 1 heterocycles. The molecule has 0 spiro atoms. The summed E-state index contributed by atoms with van der Waals surface area (Å²) in [5.41, 5.74) is -0.417. The second kappa shape index (κ2) is 5.88. The minimum atomic E-state index is -0.531. The Morgan fingerprint density at radius 2 is 1.75 bits per heavy atom. The molecule has 2 amide bonds. The maximum absolute atomic E-state index is 12.2. The summed E-state index contributed by atoms with van der Waals surface area (Å²) >= 11 is 1.52. The number of hydrogen-bond acceptors (Lipinski definition) is 4. The van der Waals surface area contributed by atoms with E-state index in [-0.39, 0.29) is 41.2 Å². The minimum Gasteiger partial charge on any atom is -0.297 e. The SMILES string of the molecule is CC(C)(C)CSC1CC(=O)N(CC(=O)C(C)(C)C)C1=O. The standard InChI is InChI=1S/C15H25NO3S/c1-14(2,3)9-20-10-7-12(18)16(13(10)19)8-11(17)15(4,5)6/h10H,7-9H2,1-6H3. The van der Waals surface area contributed by atoms with E-state index in [1.807, 2.05) is 0 Å². The number of Topliss-reactive ketones (excluding diaryl/α,β-unsaturated/α-hetero) is 1. The molecule has 114 valence electrons. The normalized spacial score (nSPS) is 20.7. The second-order valence-electron chi connectivity index (χ2n) is 7.56. The largest absolute Gasteiger partial charge is 0.297 e. The van der Waals surface area contributed by atoms with Gasteiger partial charge in [-0.15, -0.1) is 11.8 Å². The molecule has 1 aliphatic heterocycles. The Morgan fingerprint density at radius 1 is 1.20 bits per heavy atom. The van der Waals surface area contributed by atoms with Crippen LogP contribution in [0, 0.1) is 10.8 Å². The Hall–Kier alpha value is -0.840. The molecule has 0 radical (unpaired) electrons. The van der Waals surface area contributed by atoms with Gasteiger partial charge in [0, 0.05) is 11.8 Å². The van der Waals surface area contributed by atoms with Crippen LogP contribution in [0.2, 0.25) is 0 Å². The summed E-state index contributed by atoms with van der Waals surface area (Å²) in [6.45, 7) is 11.6. The van der Waals surface area contributed by atoms with E-state index < -0.39 is 5.41 Å². The number of carbonyl (C=O) groups is 3. The van der Waals surface area contributed by atoms with Crippen LogP contribution in [0.5, 0.6) is 0 Å². The lowest BCUT2D eigenvalue weighted by Gasteiger charge is -2.22. The molecule has 0 aromatic carbocycles. The van der Waals surface area contributed by atoms with E-state index in [4.69, 9.17) is 0 Å². The van der Waals surface area contributed by atoms with E-state index >= 15 is 0 Å². The highest BCUT2D eigenvalue weighted by molar-refractivity contribution is 8.00. The number of amides is 2. The average molecular weight is 299 g/mol. The van der Waals surface area contributed by atoms with Crippen LogP contribution in [-0.4, -0.2) is 40.0 Å². The van der Waals surface area contributed by atoms with E-state index in [1.54, 1.807) is 20.8 Å². The number of likely N-dealkylation sites (tertiary alicyclic amines) is 1. The molecule has 0 saturated carbocycles. The van der Waals surface area contributed by atoms with Gasteiger partial charge in [-0.3, -0.25) is 19.3 Å². The zero-order valence-electron chi connectivity index (χ0n) is 13.3. The third-order valence-corrected chi connectivity index (χ3v) is 4.86. The van der Waals surface area contributed by atoms with Crippen molar-refractivity contribution in [2.45, 2.75) is 53.2 Å². The van der Waals surface area contributed by atoms with Gasteiger partial charge in [-0.05, 0) is 11.2 Å². The van der Waals surface area contributed by atoms with Gasteiger partial charge in [0.25, 0.3) is 0 Å². The number of carbonyl (C=O) groups excluding carboxylic acids is 3. The maximum Gasteiger partial charge on any atom is 0.243 e. The summed E-state index contributed by atoms with van der Waals surface area (Å²) in [5, 5.41) is -0.325. The number of ketones is 1. The zero-order chi connectivity index (χ0) is 15.7. The van der Waals surface area contributed by atoms with Crippen molar-refractivity contribution in [3.8, 4) is 0 Å². The smallest absolute Gasteiger partial charge is 0.243 e. The number of thioether (sulfide) groups is 1. The molecule has 1 unspecified atom stereocenters. The van der Waals surface area contributed by atoms with Gasteiger partial charge in [0.2, 0.25) is 11.8 Å². The van der Waals surface area contributed by atoms with Crippen molar-refractivity contribution in [1.29, 1.82) is 0 Å². The van der Waals surface area contributed by atoms with E-state index in [2.05, 4.69) is 20.8 Å². The van der Waals surface area contributed by atoms with Crippen LogP contribution in [0.15, 0.2) is 0 Å². The van der Waals surface area contributed by atoms with Gasteiger partial charge in [-0.2, -0.15) is 0 Å². The molecule has 0 aromatic heterocycles. The quantitative estimate of drug-likeness (QED) is 0.749. The molecule has 1 fully saturated rings. The molecule has 0 N–H and O–H groups in total. The van der Waals surface area contributed by atoms with Crippen LogP contribution >= 0.6 is 11.8 Å². The summed E-state index contributed by atoms with van der Waals surface area (Å²) in [6.07, 6.45) is 0.219. The highest BCUT2D eigenvalue weighted by Crippen LogP contribution is 2.30. The van der Waals surface area contributed by atoms with E-state index in [0.717, 1.165) is 10.7 Å². The monoisotopic (exact) mass is 299 g/mol. The van der Waals surface area contributed by atoms with Crippen LogP contribution in [0.3, 0.4) is 0 Å². The first kappa shape index (κ1) is 17.2. The first-order valence-electron chi connectivity index (χ1n) is 6.91. The van der Waals surface area contributed by atoms with E-state index in [0.29, 0.717) is 0 Å². The minimum absolute atomic E-state index is 0.0827. The Balaban J connectivity index is 2.66. The highest BCUT2D eigenvalue weighted by Gasteiger charge is 2.41. The Labute approximate surface area is 125 Å². The molecular weight excluding hydrogens is 274 g/mol. The van der Waals surface area contributed by atoms with Crippen LogP contribution in [-0.2, 0) is 14.4 Å². The highest BCUT2D eigenvalue weighted by atomic mass is 32.2. The molecule has 0 aromatic rings. The first-order chi connectivity index (χ1) is 8.92. The summed E-state index contributed by atoms with van der Waals surface area (Å²) in [7, 11) is 0. The molecule has 1 atom stereocenters. The topological polar surface area (TPSA) is 54.5 Å². The molecule has 0 aliphatic carbocycles. The first-order valence-corrected chi connectivity index (χ1v) is 7.96. The van der Waals surface area contributed by atoms with Crippen molar-refractivity contribution in [2.24, 2.45) is 10.8 Å². The number of nitrogens with zero attached hydrogens (tertiary/aromatic N) is 1. The van der Waals surface area contributed by atoms with Gasteiger partial charge in [0.15, 0.2) is 5.78 Å². The molecule has 1 saturated heterocycles. The van der Waals surface area contributed by atoms with E-state index in [9.17, 15) is 14.4 Å². The Bertz CT molecular complexity index is 418. The van der Waals surface area contributed by atoms with Crippen molar-refractivity contribution in [3.05, 3.63) is 0 Å². The summed E-state index contributed by atoms with van der Waals surface area (Å²) in [5.74, 6) is 0.305. The second-order valence-corrected chi connectivity index (χ2v) is 8.75. The number of rotatable bonds is 4. The fourth-order valence-corrected chi connectivity index (χ4v) is 2.91. The third kappa shape index (κ3) is 4.62. The summed E-state index contributed by atoms with van der Waals surface area (Å²) < 4.78 is 0. The molecule has 20 heavy (non-hydrogen) atoms. The van der Waals surface area contributed by atoms with Crippen molar-refractivity contribution < 1.29 is 14.4 Å². The van der Waals surface area contributed by atoms with Crippen molar-refractivity contribution in [3.63, 3.8) is 0 Å². The van der Waals surface area contributed by atoms with Gasteiger partial charge >= 0.3 is 0 Å². The molecule has 1 rings (SSSR count). The lowest BCUT2D eigenvalue weighted by atomic mass is 9.90. The van der Waals surface area contributed by atoms with Gasteiger partial charge in [-0.1, -0.05) is 41.5 Å². The average Bonchev–Trinajstić information content (AvgIpc) is 2.51. The van der Waals surface area contributed by atoms with Gasteiger partial charge in [-0.25, -0.2) is 0 Å². The van der Waals surface area contributed by atoms with Crippen LogP contribution in [0.4, 0.5) is 0 Å². The fraction of sp³-hybridized carbons (Fsp3) is 0.800. The molecule has 1 aliphatic rings. The zero-order valence-corrected chi connectivity index (χ0v) is 14.1. The maximum atomic E-state index is 12.2. The predicted octanol–water partition coefficient (Wildman–Crippen LogP) is 2.51. The Kier molecular flexibility index (Phi) is 5.06. The molecule has 0 bridgehead atoms. The molecule has 5 heteroatoms. The van der Waals surface area contributed by atoms with Crippen LogP contribution < -0.4 is 0 Å². The third-order valence-electron chi connectivity index (χ3n) is 3.06. The molecular formula is C15H25NO3S. The van der Waals surface area contributed by atoms with E-state index in [1.165, 1.54) is 11.8 Å². The van der Waals surface area contributed by atoms with Crippen LogP contribution in [0.25, 0.3) is 0 Å². The lowest BCUT2D eigenvalue weighted by Crippen LogP contribution is -2.40. The lowest BCUT2D eigenvalue weighted by molar-refractivity contribution is -0.143. The number of hydrogen-bond donors (Lipinski definition) is 0. The van der Waals surface area contributed by atoms with Crippen LogP contribution in [0.1, 0.15) is 48.0 Å². The summed E-state index contributed by atoms with van der Waals surface area (Å²) in [4.78, 5) is 37.3.